The van der Waals surface area contributed by atoms with Gasteiger partial charge >= 0.3 is 0 Å². The number of aromatic nitrogens is 2. The number of ether oxygens (including phenoxy) is 1. The summed E-state index contributed by atoms with van der Waals surface area (Å²) >= 11 is 5.84. The molecule has 1 rings (SSSR count). The van der Waals surface area contributed by atoms with Crippen LogP contribution < -0.4 is 10.1 Å². The summed E-state index contributed by atoms with van der Waals surface area (Å²) in [5, 5.41) is 11.9. The second-order valence-corrected chi connectivity index (χ2v) is 3.21. The molecule has 15 heavy (non-hydrogen) atoms. The van der Waals surface area contributed by atoms with E-state index >= 15 is 0 Å². The normalized spacial score (nSPS) is 10.1. The van der Waals surface area contributed by atoms with Crippen LogP contribution in [0.1, 0.15) is 13.3 Å². The van der Waals surface area contributed by atoms with Crippen LogP contribution in [0.4, 0.5) is 5.95 Å². The maximum absolute atomic E-state index is 8.59. The third-order valence-corrected chi connectivity index (χ3v) is 1.85. The molecule has 0 saturated carbocycles. The first-order valence-electron chi connectivity index (χ1n) is 4.78. The van der Waals surface area contributed by atoms with Gasteiger partial charge in [-0.25, -0.2) is 4.98 Å². The van der Waals surface area contributed by atoms with E-state index in [1.54, 1.807) is 0 Å². The second-order valence-electron chi connectivity index (χ2n) is 2.80. The maximum atomic E-state index is 8.59. The van der Waals surface area contributed by atoms with E-state index in [2.05, 4.69) is 15.3 Å². The minimum Gasteiger partial charge on any atom is -0.476 e. The van der Waals surface area contributed by atoms with Gasteiger partial charge in [0.15, 0.2) is 0 Å². The van der Waals surface area contributed by atoms with E-state index in [-0.39, 0.29) is 6.61 Å². The van der Waals surface area contributed by atoms with Gasteiger partial charge in [0.1, 0.15) is 5.02 Å². The number of anilines is 1. The van der Waals surface area contributed by atoms with E-state index < -0.39 is 0 Å². The summed E-state index contributed by atoms with van der Waals surface area (Å²) in [5.41, 5.74) is 0. The van der Waals surface area contributed by atoms with E-state index in [1.807, 2.05) is 6.92 Å². The fraction of sp³-hybridized carbons (Fsp3) is 0.556. The summed E-state index contributed by atoms with van der Waals surface area (Å²) in [6, 6.07) is 0. The van der Waals surface area contributed by atoms with Crippen LogP contribution in [0.5, 0.6) is 5.88 Å². The van der Waals surface area contributed by atoms with Gasteiger partial charge in [0, 0.05) is 19.6 Å². The van der Waals surface area contributed by atoms with Gasteiger partial charge in [-0.1, -0.05) is 11.6 Å². The van der Waals surface area contributed by atoms with Crippen molar-refractivity contribution in [3.05, 3.63) is 11.2 Å². The molecule has 0 bridgehead atoms. The van der Waals surface area contributed by atoms with Crippen molar-refractivity contribution in [1.82, 2.24) is 9.97 Å². The SMILES string of the molecule is CCNc1ncc(Cl)c(OCCCO)n1. The molecule has 5 nitrogen and oxygen atoms in total. The zero-order valence-corrected chi connectivity index (χ0v) is 9.29. The van der Waals surface area contributed by atoms with Crippen molar-refractivity contribution in [2.24, 2.45) is 0 Å². The Kier molecular flexibility index (Phi) is 5.14. The van der Waals surface area contributed by atoms with Crippen molar-refractivity contribution < 1.29 is 9.84 Å². The zero-order valence-electron chi connectivity index (χ0n) is 8.53. The van der Waals surface area contributed by atoms with Crippen molar-refractivity contribution in [2.75, 3.05) is 25.1 Å². The lowest BCUT2D eigenvalue weighted by Gasteiger charge is -2.07. The molecule has 0 aliphatic rings. The molecule has 0 fully saturated rings. The Balaban J connectivity index is 2.63. The molecule has 0 aliphatic carbocycles. The summed E-state index contributed by atoms with van der Waals surface area (Å²) in [4.78, 5) is 8.05. The van der Waals surface area contributed by atoms with Crippen LogP contribution in [0.2, 0.25) is 5.02 Å². The highest BCUT2D eigenvalue weighted by molar-refractivity contribution is 6.31. The van der Waals surface area contributed by atoms with Gasteiger partial charge in [0.25, 0.3) is 0 Å². The maximum Gasteiger partial charge on any atom is 0.237 e. The fourth-order valence-corrected chi connectivity index (χ4v) is 1.07. The predicted octanol–water partition coefficient (Wildman–Crippen LogP) is 1.32. The third-order valence-electron chi connectivity index (χ3n) is 1.59. The van der Waals surface area contributed by atoms with Crippen LogP contribution in [-0.2, 0) is 0 Å². The molecule has 2 N–H and O–H groups in total. The quantitative estimate of drug-likeness (QED) is 0.723. The number of aliphatic hydroxyl groups excluding tert-OH is 1. The van der Waals surface area contributed by atoms with Crippen molar-refractivity contribution >= 4 is 17.5 Å². The summed E-state index contributed by atoms with van der Waals surface area (Å²) in [6.45, 7) is 3.16. The van der Waals surface area contributed by atoms with Crippen LogP contribution >= 0.6 is 11.6 Å². The van der Waals surface area contributed by atoms with Crippen LogP contribution in [0, 0.1) is 0 Å². The lowest BCUT2D eigenvalue weighted by atomic mass is 10.5. The minimum absolute atomic E-state index is 0.0861. The van der Waals surface area contributed by atoms with Crippen LogP contribution in [0.25, 0.3) is 0 Å². The Morgan fingerprint density at radius 2 is 2.40 bits per heavy atom. The van der Waals surface area contributed by atoms with Crippen LogP contribution in [0.3, 0.4) is 0 Å². The first kappa shape index (κ1) is 12.0. The summed E-state index contributed by atoms with van der Waals surface area (Å²) in [5.74, 6) is 0.831. The van der Waals surface area contributed by atoms with Crippen molar-refractivity contribution in [2.45, 2.75) is 13.3 Å². The van der Waals surface area contributed by atoms with Gasteiger partial charge in [-0.15, -0.1) is 0 Å². The molecule has 1 aromatic heterocycles. The van der Waals surface area contributed by atoms with Gasteiger partial charge in [0.2, 0.25) is 11.8 Å². The smallest absolute Gasteiger partial charge is 0.237 e. The highest BCUT2D eigenvalue weighted by Crippen LogP contribution is 2.21. The van der Waals surface area contributed by atoms with E-state index in [0.717, 1.165) is 6.54 Å². The van der Waals surface area contributed by atoms with Crippen molar-refractivity contribution in [1.29, 1.82) is 0 Å². The molecule has 0 spiro atoms. The molecule has 0 atom stereocenters. The lowest BCUT2D eigenvalue weighted by molar-refractivity contribution is 0.229. The number of halogens is 1. The molecular weight excluding hydrogens is 218 g/mol. The Morgan fingerprint density at radius 3 is 3.07 bits per heavy atom. The molecule has 6 heteroatoms. The second kappa shape index (κ2) is 6.42. The van der Waals surface area contributed by atoms with Crippen molar-refractivity contribution in [3.8, 4) is 5.88 Å². The molecule has 0 unspecified atom stereocenters. The number of nitrogens with zero attached hydrogens (tertiary/aromatic N) is 2. The number of hydrogen-bond acceptors (Lipinski definition) is 5. The average molecular weight is 232 g/mol. The van der Waals surface area contributed by atoms with Gasteiger partial charge in [-0.3, -0.25) is 0 Å². The van der Waals surface area contributed by atoms with E-state index in [9.17, 15) is 0 Å². The minimum atomic E-state index is 0.0861. The molecule has 84 valence electrons. The Morgan fingerprint density at radius 1 is 1.60 bits per heavy atom. The molecular formula is C9H14ClN3O2. The highest BCUT2D eigenvalue weighted by Gasteiger charge is 2.05. The summed E-state index contributed by atoms with van der Waals surface area (Å²) < 4.78 is 5.28. The van der Waals surface area contributed by atoms with Gasteiger partial charge in [-0.2, -0.15) is 4.98 Å². The first-order chi connectivity index (χ1) is 7.27. The number of nitrogens with one attached hydrogen (secondary N) is 1. The monoisotopic (exact) mass is 231 g/mol. The summed E-state index contributed by atoms with van der Waals surface area (Å²) in [6.07, 6.45) is 2.04. The van der Waals surface area contributed by atoms with Gasteiger partial charge < -0.3 is 15.2 Å². The van der Waals surface area contributed by atoms with Crippen molar-refractivity contribution in [3.63, 3.8) is 0 Å². The number of aliphatic hydroxyl groups is 1. The average Bonchev–Trinajstić information content (AvgIpc) is 2.23. The standard InChI is InChI=1S/C9H14ClN3O2/c1-2-11-9-12-6-7(10)8(13-9)15-5-3-4-14/h6,14H,2-5H2,1H3,(H,11,12,13). The van der Waals surface area contributed by atoms with Gasteiger partial charge in [-0.05, 0) is 6.92 Å². The van der Waals surface area contributed by atoms with E-state index in [4.69, 9.17) is 21.4 Å². The summed E-state index contributed by atoms with van der Waals surface area (Å²) in [7, 11) is 0. The molecule has 0 aromatic carbocycles. The van der Waals surface area contributed by atoms with Crippen LogP contribution in [0.15, 0.2) is 6.20 Å². The molecule has 1 heterocycles. The molecule has 0 radical (unpaired) electrons. The Hall–Kier alpha value is -1.07. The number of rotatable bonds is 6. The predicted molar refractivity (Wildman–Crippen MR) is 58.4 cm³/mol. The zero-order chi connectivity index (χ0) is 11.1. The first-order valence-corrected chi connectivity index (χ1v) is 5.15. The molecule has 0 amide bonds. The topological polar surface area (TPSA) is 67.3 Å². The van der Waals surface area contributed by atoms with E-state index in [0.29, 0.717) is 29.9 Å². The Labute approximate surface area is 93.5 Å². The molecule has 1 aromatic rings. The largest absolute Gasteiger partial charge is 0.476 e. The van der Waals surface area contributed by atoms with E-state index in [1.165, 1.54) is 6.20 Å². The van der Waals surface area contributed by atoms with Crippen LogP contribution in [-0.4, -0.2) is 34.8 Å². The number of hydrogen-bond donors (Lipinski definition) is 2. The Bertz CT molecular complexity index is 309. The fourth-order valence-electron chi connectivity index (χ4n) is 0.929. The van der Waals surface area contributed by atoms with Gasteiger partial charge in [0.05, 0.1) is 12.8 Å². The molecule has 0 aliphatic heterocycles. The highest BCUT2D eigenvalue weighted by atomic mass is 35.5. The lowest BCUT2D eigenvalue weighted by Crippen LogP contribution is -2.06. The molecule has 0 saturated heterocycles. The third kappa shape index (κ3) is 3.89.